The van der Waals surface area contributed by atoms with Gasteiger partial charge in [0.1, 0.15) is 0 Å². The average Bonchev–Trinajstić information content (AvgIpc) is 3.80. The molecular formula is C42H27NO2S3. The van der Waals surface area contributed by atoms with Crippen LogP contribution in [0.3, 0.4) is 0 Å². The fourth-order valence-electron chi connectivity index (χ4n) is 8.50. The van der Waals surface area contributed by atoms with E-state index in [0.717, 1.165) is 39.9 Å². The molecule has 0 fully saturated rings. The van der Waals surface area contributed by atoms with E-state index < -0.39 is 10.0 Å². The van der Waals surface area contributed by atoms with Gasteiger partial charge in [-0.05, 0) is 88.2 Å². The summed E-state index contributed by atoms with van der Waals surface area (Å²) in [5.74, 6) is 0.156. The predicted molar refractivity (Wildman–Crippen MR) is 202 cm³/mol. The summed E-state index contributed by atoms with van der Waals surface area (Å²) in [7, 11) is -3.75. The van der Waals surface area contributed by atoms with Crippen LogP contribution >= 0.6 is 22.7 Å². The number of hydrogen-bond donors (Lipinski definition) is 0. The maximum absolute atomic E-state index is 14.4. The molecule has 3 atom stereocenters. The Hall–Kier alpha value is -4.75. The van der Waals surface area contributed by atoms with E-state index in [9.17, 15) is 8.42 Å². The Morgan fingerprint density at radius 2 is 1.44 bits per heavy atom. The summed E-state index contributed by atoms with van der Waals surface area (Å²) >= 11 is 3.69. The Labute approximate surface area is 286 Å². The van der Waals surface area contributed by atoms with Crippen LogP contribution in [-0.2, 0) is 16.4 Å². The third-order valence-electron chi connectivity index (χ3n) is 10.7. The number of nitrogens with zero attached hydrogens (tertiary/aromatic N) is 1. The first-order chi connectivity index (χ1) is 23.5. The number of allylic oxidation sites excluding steroid dienone is 3. The number of hydrogen-bond acceptors (Lipinski definition) is 4. The number of sulfonamides is 1. The molecule has 2 aliphatic carbocycles. The van der Waals surface area contributed by atoms with E-state index in [4.69, 9.17) is 0 Å². The zero-order valence-corrected chi connectivity index (χ0v) is 28.1. The molecule has 0 saturated carbocycles. The highest BCUT2D eigenvalue weighted by Gasteiger charge is 2.49. The molecule has 0 N–H and O–H groups in total. The van der Waals surface area contributed by atoms with Crippen LogP contribution in [0.2, 0.25) is 0 Å². The van der Waals surface area contributed by atoms with Gasteiger partial charge in [-0.3, -0.25) is 4.31 Å². The molecule has 11 rings (SSSR count). The van der Waals surface area contributed by atoms with Gasteiger partial charge in [0.2, 0.25) is 0 Å². The van der Waals surface area contributed by atoms with Gasteiger partial charge >= 0.3 is 0 Å². The molecule has 3 unspecified atom stereocenters. The Morgan fingerprint density at radius 1 is 0.667 bits per heavy atom. The van der Waals surface area contributed by atoms with E-state index in [1.165, 1.54) is 46.3 Å². The lowest BCUT2D eigenvalue weighted by molar-refractivity contribution is 0.583. The zero-order chi connectivity index (χ0) is 31.7. The minimum Gasteiger partial charge on any atom is -0.258 e. The first-order valence-electron chi connectivity index (χ1n) is 16.3. The zero-order valence-electron chi connectivity index (χ0n) is 25.6. The molecule has 0 saturated heterocycles. The molecule has 0 radical (unpaired) electrons. The largest absolute Gasteiger partial charge is 0.265 e. The summed E-state index contributed by atoms with van der Waals surface area (Å²) in [5, 5.41) is 3.88. The molecule has 7 aromatic rings. The highest BCUT2D eigenvalue weighted by atomic mass is 32.2. The molecule has 0 amide bonds. The summed E-state index contributed by atoms with van der Waals surface area (Å²) < 4.78 is 34.3. The van der Waals surface area contributed by atoms with E-state index in [2.05, 4.69) is 109 Å². The van der Waals surface area contributed by atoms with E-state index in [0.29, 0.717) is 4.90 Å². The van der Waals surface area contributed by atoms with Gasteiger partial charge in [-0.1, -0.05) is 85.0 Å². The summed E-state index contributed by atoms with van der Waals surface area (Å²) in [6.45, 7) is 0. The Balaban J connectivity index is 1.09. The van der Waals surface area contributed by atoms with Crippen molar-refractivity contribution in [2.45, 2.75) is 23.3 Å². The lowest BCUT2D eigenvalue weighted by Crippen LogP contribution is -2.40. The smallest absolute Gasteiger partial charge is 0.258 e. The van der Waals surface area contributed by atoms with Crippen LogP contribution in [0.1, 0.15) is 21.9 Å². The minimum atomic E-state index is -3.75. The highest BCUT2D eigenvalue weighted by molar-refractivity contribution is 7.93. The van der Waals surface area contributed by atoms with E-state index in [-0.39, 0.29) is 17.9 Å². The van der Waals surface area contributed by atoms with Gasteiger partial charge in [0.05, 0.1) is 16.6 Å². The molecule has 4 aliphatic rings. The Kier molecular flexibility index (Phi) is 5.48. The Morgan fingerprint density at radius 3 is 2.33 bits per heavy atom. The lowest BCUT2D eigenvalue weighted by Gasteiger charge is -2.34. The van der Waals surface area contributed by atoms with E-state index >= 15 is 0 Å². The van der Waals surface area contributed by atoms with Crippen molar-refractivity contribution in [3.8, 4) is 22.3 Å². The second-order valence-electron chi connectivity index (χ2n) is 13.2. The number of anilines is 1. The topological polar surface area (TPSA) is 37.4 Å². The number of thiophene rings is 2. The molecule has 0 spiro atoms. The molecule has 2 aliphatic heterocycles. The van der Waals surface area contributed by atoms with Crippen LogP contribution in [0.5, 0.6) is 0 Å². The normalized spacial score (nSPS) is 21.3. The summed E-state index contributed by atoms with van der Waals surface area (Å²) in [6.07, 6.45) is 12.3. The van der Waals surface area contributed by atoms with Crippen molar-refractivity contribution in [2.75, 3.05) is 4.31 Å². The van der Waals surface area contributed by atoms with Crippen LogP contribution in [-0.4, -0.2) is 14.5 Å². The average molecular weight is 674 g/mol. The first-order valence-corrected chi connectivity index (χ1v) is 19.4. The minimum absolute atomic E-state index is 0.0810. The number of rotatable bonds is 2. The molecule has 6 heteroatoms. The lowest BCUT2D eigenvalue weighted by atomic mass is 9.80. The van der Waals surface area contributed by atoms with Crippen LogP contribution in [0.4, 0.5) is 5.69 Å². The predicted octanol–water partition coefficient (Wildman–Crippen LogP) is 11.0. The molecule has 48 heavy (non-hydrogen) atoms. The van der Waals surface area contributed by atoms with Crippen LogP contribution in [0.25, 0.3) is 58.6 Å². The molecule has 5 aromatic carbocycles. The van der Waals surface area contributed by atoms with Crippen molar-refractivity contribution in [3.05, 3.63) is 149 Å². The van der Waals surface area contributed by atoms with Gasteiger partial charge in [-0.25, -0.2) is 8.42 Å². The highest BCUT2D eigenvalue weighted by Crippen LogP contribution is 2.57. The molecule has 230 valence electrons. The van der Waals surface area contributed by atoms with Gasteiger partial charge in [0.25, 0.3) is 10.0 Å². The third kappa shape index (κ3) is 3.65. The summed E-state index contributed by atoms with van der Waals surface area (Å²) in [5.41, 5.74) is 8.64. The van der Waals surface area contributed by atoms with Crippen LogP contribution in [0.15, 0.2) is 138 Å². The molecule has 2 aromatic heterocycles. The number of fused-ring (bicyclic) bond motifs is 11. The van der Waals surface area contributed by atoms with Crippen molar-refractivity contribution in [2.24, 2.45) is 5.92 Å². The van der Waals surface area contributed by atoms with E-state index in [1.807, 2.05) is 40.9 Å². The number of benzene rings is 5. The van der Waals surface area contributed by atoms with Crippen molar-refractivity contribution in [3.63, 3.8) is 0 Å². The molecule has 0 bridgehead atoms. The van der Waals surface area contributed by atoms with Gasteiger partial charge in [0.15, 0.2) is 0 Å². The van der Waals surface area contributed by atoms with Crippen molar-refractivity contribution >= 4 is 74.7 Å². The quantitative estimate of drug-likeness (QED) is 0.183. The van der Waals surface area contributed by atoms with E-state index in [1.54, 1.807) is 10.4 Å². The van der Waals surface area contributed by atoms with Gasteiger partial charge in [0, 0.05) is 52.7 Å². The summed E-state index contributed by atoms with van der Waals surface area (Å²) in [6, 6.07) is 35.8. The second-order valence-corrected chi connectivity index (χ2v) is 17.2. The van der Waals surface area contributed by atoms with Crippen LogP contribution < -0.4 is 4.31 Å². The maximum Gasteiger partial charge on any atom is 0.265 e. The standard InChI is InChI=1S/C42H27NO2S3/c44-48(45)41-12-6-3-9-30(41)34-22-27(26-15-18-40-33(21-26)29-8-2-5-11-38(29)47-40)23-35-31-19-24(13-16-36(31)43(48)42(34)35)25-14-17-39-32(20-25)28-7-1-4-10-37(28)46-39/h1-19,21-23,25,31,36H,20H2. The van der Waals surface area contributed by atoms with Crippen molar-refractivity contribution < 1.29 is 8.42 Å². The third-order valence-corrected chi connectivity index (χ3v) is 14.9. The molecule has 4 heterocycles. The van der Waals surface area contributed by atoms with Gasteiger partial charge in [-0.2, -0.15) is 0 Å². The monoisotopic (exact) mass is 673 g/mol. The fourth-order valence-corrected chi connectivity index (χ4v) is 12.6. The summed E-state index contributed by atoms with van der Waals surface area (Å²) in [4.78, 5) is 1.73. The molecular weight excluding hydrogens is 647 g/mol. The van der Waals surface area contributed by atoms with Crippen LogP contribution in [0, 0.1) is 5.92 Å². The second kappa shape index (κ2) is 9.66. The van der Waals surface area contributed by atoms with Gasteiger partial charge < -0.3 is 0 Å². The SMILES string of the molecule is O=S1(=O)c2ccccc2-c2cc(-c3ccc4sc5ccccc5c4c3)cc3c2N1C1C=CC(C2C=Cc4sc5ccccc5c4C2)=CC31. The fraction of sp³-hybridized carbons (Fsp3) is 0.0952. The maximum atomic E-state index is 14.4. The Bertz CT molecular complexity index is 2760. The van der Waals surface area contributed by atoms with Gasteiger partial charge in [-0.15, -0.1) is 22.7 Å². The van der Waals surface area contributed by atoms with Crippen molar-refractivity contribution in [1.82, 2.24) is 0 Å². The molecule has 3 nitrogen and oxygen atoms in total. The first kappa shape index (κ1) is 27.2. The van der Waals surface area contributed by atoms with Crippen molar-refractivity contribution in [1.29, 1.82) is 0 Å².